The van der Waals surface area contributed by atoms with Gasteiger partial charge in [0.25, 0.3) is 0 Å². The van der Waals surface area contributed by atoms with Crippen molar-refractivity contribution in [3.05, 3.63) is 11.6 Å². The van der Waals surface area contributed by atoms with Gasteiger partial charge < -0.3 is 30.4 Å². The van der Waals surface area contributed by atoms with Crippen LogP contribution in [-0.2, 0) is 29.5 Å². The molecule has 0 heterocycles. The smallest absolute Gasteiger partial charge is 0.417 e. The Morgan fingerprint density at radius 3 is 0.953 bits per heavy atom. The average molecular weight is 745 g/mol. The van der Waals surface area contributed by atoms with Crippen molar-refractivity contribution in [1.29, 1.82) is 0 Å². The SMILES string of the molecule is CCC(/C=C(\C(N)=O)C(CC)[Si](O[Si](C)(C)C)(O[Si](C)(C)C)O[Si](C)(C)C)[Si](O[Si](C)(C)C)(O[Si](C)(C)C)O[Si](C)(C)C. The van der Waals surface area contributed by atoms with E-state index in [0.717, 1.165) is 0 Å². The number of allylic oxidation sites excluding steroid dienone is 1. The zero-order valence-corrected chi connectivity index (χ0v) is 39.6. The second-order valence-electron chi connectivity index (χ2n) is 17.5. The van der Waals surface area contributed by atoms with Crippen LogP contribution in [0.5, 0.6) is 0 Å². The van der Waals surface area contributed by atoms with Crippen molar-refractivity contribution in [2.24, 2.45) is 5.73 Å². The van der Waals surface area contributed by atoms with Crippen LogP contribution < -0.4 is 5.73 Å². The molecule has 0 bridgehead atoms. The number of carbonyl (C=O) groups is 1. The van der Waals surface area contributed by atoms with E-state index < -0.39 is 79.0 Å². The third-order valence-electron chi connectivity index (χ3n) is 5.46. The molecule has 16 heteroatoms. The highest BCUT2D eigenvalue weighted by Gasteiger charge is 2.59. The van der Waals surface area contributed by atoms with Crippen LogP contribution >= 0.6 is 0 Å². The van der Waals surface area contributed by atoms with Crippen LogP contribution in [0.15, 0.2) is 11.6 Å². The Kier molecular flexibility index (Phi) is 15.5. The van der Waals surface area contributed by atoms with Crippen molar-refractivity contribution in [1.82, 2.24) is 0 Å². The maximum Gasteiger partial charge on any atom is 0.477 e. The van der Waals surface area contributed by atoms with E-state index >= 15 is 0 Å². The molecule has 0 spiro atoms. The highest BCUT2D eigenvalue weighted by Crippen LogP contribution is 2.44. The van der Waals surface area contributed by atoms with Crippen molar-refractivity contribution in [2.45, 2.75) is 156 Å². The normalized spacial score (nSPS) is 16.8. The summed E-state index contributed by atoms with van der Waals surface area (Å²) in [7, 11) is -20.0. The Balaban J connectivity index is 7.92. The fourth-order valence-electron chi connectivity index (χ4n) is 4.84. The largest absolute Gasteiger partial charge is 0.477 e. The molecule has 0 aromatic rings. The van der Waals surface area contributed by atoms with E-state index in [9.17, 15) is 4.79 Å². The van der Waals surface area contributed by atoms with E-state index in [2.05, 4.69) is 132 Å². The highest BCUT2D eigenvalue weighted by atomic mass is 28.5. The number of rotatable bonds is 19. The van der Waals surface area contributed by atoms with Gasteiger partial charge in [-0.3, -0.25) is 4.79 Å². The zero-order valence-electron chi connectivity index (χ0n) is 31.6. The molecule has 0 aliphatic rings. The minimum atomic E-state index is -3.50. The first kappa shape index (κ1) is 43.7. The molecular weight excluding hydrogens is 675 g/mol. The molecule has 0 radical (unpaired) electrons. The summed E-state index contributed by atoms with van der Waals surface area (Å²) in [5, 5.41) is 0. The molecule has 0 saturated carbocycles. The van der Waals surface area contributed by atoms with E-state index in [1.54, 1.807) is 0 Å². The lowest BCUT2D eigenvalue weighted by Crippen LogP contribution is -2.64. The average Bonchev–Trinajstić information content (AvgIpc) is 2.61. The molecule has 0 fully saturated rings. The Bertz CT molecular complexity index is 858. The van der Waals surface area contributed by atoms with Gasteiger partial charge in [-0.2, -0.15) is 0 Å². The summed E-state index contributed by atoms with van der Waals surface area (Å²) in [5.74, 6) is -0.475. The van der Waals surface area contributed by atoms with E-state index in [-0.39, 0.29) is 5.54 Å². The second kappa shape index (κ2) is 15.3. The lowest BCUT2D eigenvalue weighted by atomic mass is 10.1. The molecule has 0 aromatic heterocycles. The van der Waals surface area contributed by atoms with E-state index in [1.165, 1.54) is 0 Å². The molecule has 2 atom stereocenters. The van der Waals surface area contributed by atoms with Gasteiger partial charge in [0.15, 0.2) is 49.9 Å². The molecular formula is C27H69NO7Si8. The molecule has 256 valence electrons. The Hall–Kier alpha value is 0.705. The number of amides is 1. The lowest BCUT2D eigenvalue weighted by Gasteiger charge is -2.48. The van der Waals surface area contributed by atoms with E-state index in [4.69, 9.17) is 30.4 Å². The van der Waals surface area contributed by atoms with Crippen LogP contribution in [-0.4, -0.2) is 73.4 Å². The molecule has 0 aromatic carbocycles. The summed E-state index contributed by atoms with van der Waals surface area (Å²) < 4.78 is 42.6. The molecule has 0 aliphatic carbocycles. The lowest BCUT2D eigenvalue weighted by molar-refractivity contribution is -0.114. The number of hydrogen-bond donors (Lipinski definition) is 1. The van der Waals surface area contributed by atoms with Crippen LogP contribution in [0.4, 0.5) is 0 Å². The van der Waals surface area contributed by atoms with Gasteiger partial charge in [0.2, 0.25) is 5.91 Å². The monoisotopic (exact) mass is 743 g/mol. The molecule has 0 aliphatic heterocycles. The summed E-state index contributed by atoms with van der Waals surface area (Å²) in [4.78, 5) is 13.6. The van der Waals surface area contributed by atoms with Gasteiger partial charge in [-0.25, -0.2) is 0 Å². The third-order valence-corrected chi connectivity index (χ3v) is 30.0. The summed E-state index contributed by atoms with van der Waals surface area (Å²) in [6.45, 7) is 43.3. The number of carbonyl (C=O) groups excluding carboxylic acids is 1. The Labute approximate surface area is 274 Å². The van der Waals surface area contributed by atoms with Crippen LogP contribution in [0, 0.1) is 0 Å². The van der Waals surface area contributed by atoms with E-state index in [1.807, 2.05) is 6.08 Å². The molecule has 0 rings (SSSR count). The van der Waals surface area contributed by atoms with Gasteiger partial charge in [0.05, 0.1) is 5.54 Å². The summed E-state index contributed by atoms with van der Waals surface area (Å²) in [6.07, 6.45) is 3.33. The molecule has 43 heavy (non-hydrogen) atoms. The van der Waals surface area contributed by atoms with Gasteiger partial charge in [-0.05, 0) is 131 Å². The fraction of sp³-hybridized carbons (Fsp3) is 0.889. The minimum Gasteiger partial charge on any atom is -0.417 e. The van der Waals surface area contributed by atoms with Gasteiger partial charge in [0.1, 0.15) is 0 Å². The van der Waals surface area contributed by atoms with Crippen molar-refractivity contribution >= 4 is 73.4 Å². The van der Waals surface area contributed by atoms with Crippen molar-refractivity contribution in [3.63, 3.8) is 0 Å². The predicted molar refractivity (Wildman–Crippen MR) is 203 cm³/mol. The van der Waals surface area contributed by atoms with E-state index in [0.29, 0.717) is 18.4 Å². The fourth-order valence-corrected chi connectivity index (χ4v) is 34.1. The molecule has 8 nitrogen and oxygen atoms in total. The van der Waals surface area contributed by atoms with Crippen molar-refractivity contribution < 1.29 is 29.5 Å². The third kappa shape index (κ3) is 16.9. The minimum absolute atomic E-state index is 0.258. The standard InChI is InChI=1S/C27H69NO7Si8/c1-21-24(42(30-36(3,4)5,31-37(6,7)8)32-38(9,10)11)23-25(27(28)29)26(22-2)43(33-39(12,13)14,34-40(15,16)17)35-41(18,19)20/h23-24,26H,21-22H2,1-20H3,(H2,28,29)/b25-23-. The topological polar surface area (TPSA) is 98.5 Å². The summed E-state index contributed by atoms with van der Waals surface area (Å²) in [6, 6.07) is 0. The van der Waals surface area contributed by atoms with Crippen molar-refractivity contribution in [3.8, 4) is 0 Å². The number of primary amides is 1. The van der Waals surface area contributed by atoms with Crippen LogP contribution in [0.2, 0.25) is 129 Å². The first-order valence-corrected chi connectivity index (χ1v) is 40.0. The van der Waals surface area contributed by atoms with Gasteiger partial charge in [-0.1, -0.05) is 19.9 Å². The van der Waals surface area contributed by atoms with Crippen LogP contribution in [0.3, 0.4) is 0 Å². The van der Waals surface area contributed by atoms with Crippen LogP contribution in [0.1, 0.15) is 26.7 Å². The maximum atomic E-state index is 13.6. The predicted octanol–water partition coefficient (Wildman–Crippen LogP) is 8.95. The number of hydrogen-bond acceptors (Lipinski definition) is 7. The molecule has 2 unspecified atom stereocenters. The Morgan fingerprint density at radius 1 is 0.512 bits per heavy atom. The molecule has 1 amide bonds. The van der Waals surface area contributed by atoms with Crippen molar-refractivity contribution in [2.75, 3.05) is 0 Å². The first-order valence-electron chi connectivity index (χ1n) is 15.9. The van der Waals surface area contributed by atoms with Gasteiger partial charge >= 0.3 is 17.6 Å². The zero-order chi connectivity index (χ0) is 34.7. The molecule has 2 N–H and O–H groups in total. The Morgan fingerprint density at radius 2 is 0.767 bits per heavy atom. The van der Waals surface area contributed by atoms with Gasteiger partial charge in [-0.15, -0.1) is 0 Å². The second-order valence-corrected chi connectivity index (χ2v) is 51.6. The van der Waals surface area contributed by atoms with Gasteiger partial charge in [0, 0.05) is 11.1 Å². The quantitative estimate of drug-likeness (QED) is 0.104. The highest BCUT2D eigenvalue weighted by molar-refractivity contribution is 6.92. The maximum absolute atomic E-state index is 13.6. The first-order chi connectivity index (χ1) is 18.7. The summed E-state index contributed by atoms with van der Waals surface area (Å²) >= 11 is 0. The molecule has 0 saturated heterocycles. The van der Waals surface area contributed by atoms with Crippen LogP contribution in [0.25, 0.3) is 0 Å². The number of nitrogens with two attached hydrogens (primary N) is 1. The summed E-state index contributed by atoms with van der Waals surface area (Å²) in [5.41, 5.74) is 6.16.